The van der Waals surface area contributed by atoms with Gasteiger partial charge in [-0.2, -0.15) is 0 Å². The summed E-state index contributed by atoms with van der Waals surface area (Å²) in [5.74, 6) is 0.0316. The van der Waals surface area contributed by atoms with E-state index >= 15 is 0 Å². The summed E-state index contributed by atoms with van der Waals surface area (Å²) in [6.07, 6.45) is 3.98. The van der Waals surface area contributed by atoms with Gasteiger partial charge in [-0.05, 0) is 30.2 Å². The number of aliphatic hydroxyl groups is 1. The third kappa shape index (κ3) is 5.03. The van der Waals surface area contributed by atoms with Crippen molar-refractivity contribution in [2.75, 3.05) is 11.9 Å². The molecule has 11 heteroatoms. The minimum atomic E-state index is -3.62. The quantitative estimate of drug-likeness (QED) is 0.462. The molecule has 1 aromatic carbocycles. The summed E-state index contributed by atoms with van der Waals surface area (Å²) in [7, 11) is 0. The molecule has 0 spiro atoms. The Balaban J connectivity index is 1.31. The molecule has 1 fully saturated rings. The van der Waals surface area contributed by atoms with Gasteiger partial charge in [0.15, 0.2) is 0 Å². The minimum Gasteiger partial charge on any atom is -0.394 e. The van der Waals surface area contributed by atoms with Gasteiger partial charge >= 0.3 is 6.29 Å². The molecule has 3 unspecified atom stereocenters. The first-order chi connectivity index (χ1) is 17.3. The molecule has 3 aromatic rings. The molecule has 186 valence electrons. The van der Waals surface area contributed by atoms with Gasteiger partial charge in [-0.1, -0.05) is 36.4 Å². The van der Waals surface area contributed by atoms with Crippen LogP contribution in [0.3, 0.4) is 0 Å². The van der Waals surface area contributed by atoms with Gasteiger partial charge in [0.25, 0.3) is 5.91 Å². The number of pyridine rings is 1. The summed E-state index contributed by atoms with van der Waals surface area (Å²) in [4.78, 5) is 21.3. The summed E-state index contributed by atoms with van der Waals surface area (Å²) in [5, 5.41) is 15.6. The largest absolute Gasteiger partial charge is 0.486 e. The van der Waals surface area contributed by atoms with Crippen molar-refractivity contribution in [1.82, 2.24) is 19.9 Å². The Hall–Kier alpha value is -3.93. The van der Waals surface area contributed by atoms with Crippen molar-refractivity contribution in [2.24, 2.45) is 0 Å². The van der Waals surface area contributed by atoms with Crippen molar-refractivity contribution >= 4 is 11.7 Å². The number of anilines is 1. The Labute approximate surface area is 205 Å². The molecule has 9 nitrogen and oxygen atoms in total. The summed E-state index contributed by atoms with van der Waals surface area (Å²) >= 11 is 0. The number of ether oxygens (including phenoxy) is 2. The first-order valence-electron chi connectivity index (χ1n) is 11.2. The van der Waals surface area contributed by atoms with Crippen LogP contribution < -0.4 is 10.6 Å². The van der Waals surface area contributed by atoms with Crippen LogP contribution in [0.2, 0.25) is 0 Å². The molecule has 3 atom stereocenters. The van der Waals surface area contributed by atoms with E-state index in [2.05, 4.69) is 30.1 Å². The van der Waals surface area contributed by atoms with Crippen LogP contribution in [0.5, 0.6) is 0 Å². The lowest BCUT2D eigenvalue weighted by Gasteiger charge is -2.17. The number of alkyl halides is 2. The van der Waals surface area contributed by atoms with Crippen LogP contribution in [0, 0.1) is 6.92 Å². The van der Waals surface area contributed by atoms with Crippen molar-refractivity contribution in [2.45, 2.75) is 31.5 Å². The van der Waals surface area contributed by atoms with E-state index in [-0.39, 0.29) is 12.3 Å². The van der Waals surface area contributed by atoms with Crippen LogP contribution in [0.1, 0.15) is 27.7 Å². The van der Waals surface area contributed by atoms with E-state index < -0.39 is 30.5 Å². The lowest BCUT2D eigenvalue weighted by molar-refractivity contribution is -0.347. The second kappa shape index (κ2) is 9.61. The molecule has 3 N–H and O–H groups in total. The Morgan fingerprint density at radius 1 is 1.22 bits per heavy atom. The van der Waals surface area contributed by atoms with Crippen LogP contribution in [-0.2, 0) is 9.47 Å². The van der Waals surface area contributed by atoms with E-state index in [1.807, 2.05) is 37.3 Å². The summed E-state index contributed by atoms with van der Waals surface area (Å²) < 4.78 is 37.5. The number of nitrogens with zero attached hydrogens (tertiary/aromatic N) is 3. The number of aliphatic hydroxyl groups excluding tert-OH is 1. The highest BCUT2D eigenvalue weighted by atomic mass is 19.3. The topological polar surface area (TPSA) is 111 Å². The summed E-state index contributed by atoms with van der Waals surface area (Å²) in [6.45, 7) is 1.61. The zero-order valence-electron chi connectivity index (χ0n) is 19.1. The fourth-order valence-corrected chi connectivity index (χ4v) is 4.00. The predicted molar refractivity (Wildman–Crippen MR) is 125 cm³/mol. The van der Waals surface area contributed by atoms with E-state index in [4.69, 9.17) is 0 Å². The van der Waals surface area contributed by atoms with Gasteiger partial charge < -0.3 is 20.3 Å². The highest BCUT2D eigenvalue weighted by Gasteiger charge is 2.48. The smallest absolute Gasteiger partial charge is 0.394 e. The maximum atomic E-state index is 13.3. The second-order valence-electron chi connectivity index (χ2n) is 8.38. The first-order valence-corrected chi connectivity index (χ1v) is 11.2. The SMILES string of the molecule is Cc1cnc(NC2=CC3OC(F)(F)OC3C=C2)cc1-n1cnc(C(=O)NC(CO)c2ccccc2)c1. The van der Waals surface area contributed by atoms with Crippen LogP contribution in [0.15, 0.2) is 79.0 Å². The average molecular weight is 495 g/mol. The number of imidazole rings is 1. The van der Waals surface area contributed by atoms with Crippen LogP contribution in [0.4, 0.5) is 14.6 Å². The Morgan fingerprint density at radius 2 is 2.00 bits per heavy atom. The normalized spacial score (nSPS) is 20.9. The number of halogens is 2. The lowest BCUT2D eigenvalue weighted by atomic mass is 10.1. The van der Waals surface area contributed by atoms with Crippen molar-refractivity contribution in [1.29, 1.82) is 0 Å². The molecule has 1 aliphatic heterocycles. The molecule has 1 saturated heterocycles. The number of fused-ring (bicyclic) bond motifs is 1. The highest BCUT2D eigenvalue weighted by molar-refractivity contribution is 5.92. The molecule has 1 aliphatic carbocycles. The Kier molecular flexibility index (Phi) is 6.35. The molecular weight excluding hydrogens is 472 g/mol. The van der Waals surface area contributed by atoms with Crippen molar-refractivity contribution < 1.29 is 28.2 Å². The predicted octanol–water partition coefficient (Wildman–Crippen LogP) is 3.24. The molecule has 2 aliphatic rings. The maximum Gasteiger partial charge on any atom is 0.486 e. The Morgan fingerprint density at radius 3 is 2.78 bits per heavy atom. The third-order valence-corrected chi connectivity index (χ3v) is 5.81. The Bertz CT molecular complexity index is 1320. The van der Waals surface area contributed by atoms with Gasteiger partial charge in [-0.3, -0.25) is 14.3 Å². The number of amides is 1. The van der Waals surface area contributed by atoms with E-state index in [1.165, 1.54) is 18.5 Å². The number of aromatic nitrogens is 3. The fraction of sp³-hybridized carbons (Fsp3) is 0.240. The first kappa shape index (κ1) is 23.8. The highest BCUT2D eigenvalue weighted by Crippen LogP contribution is 2.35. The fourth-order valence-electron chi connectivity index (χ4n) is 4.00. The van der Waals surface area contributed by atoms with E-state index in [1.54, 1.807) is 29.1 Å². The number of carbonyl (C=O) groups excluding carboxylic acids is 1. The van der Waals surface area contributed by atoms with Gasteiger partial charge in [0, 0.05) is 24.2 Å². The number of benzene rings is 1. The summed E-state index contributed by atoms with van der Waals surface area (Å²) in [6, 6.07) is 10.4. The molecule has 36 heavy (non-hydrogen) atoms. The second-order valence-corrected chi connectivity index (χ2v) is 8.38. The molecule has 0 bridgehead atoms. The van der Waals surface area contributed by atoms with E-state index in [0.29, 0.717) is 17.2 Å². The molecule has 0 radical (unpaired) electrons. The van der Waals surface area contributed by atoms with Gasteiger partial charge in [0.2, 0.25) is 0 Å². The minimum absolute atomic E-state index is 0.179. The molecule has 0 saturated carbocycles. The number of carbonyl (C=O) groups is 1. The van der Waals surface area contributed by atoms with Crippen LogP contribution >= 0.6 is 0 Å². The van der Waals surface area contributed by atoms with Gasteiger partial charge in [-0.25, -0.2) is 9.97 Å². The number of hydrogen-bond donors (Lipinski definition) is 3. The van der Waals surface area contributed by atoms with Gasteiger partial charge in [0.1, 0.15) is 30.0 Å². The zero-order chi connectivity index (χ0) is 25.3. The molecule has 5 rings (SSSR count). The van der Waals surface area contributed by atoms with Crippen LogP contribution in [-0.4, -0.2) is 50.7 Å². The zero-order valence-corrected chi connectivity index (χ0v) is 19.1. The summed E-state index contributed by atoms with van der Waals surface area (Å²) in [5.41, 5.74) is 3.03. The van der Waals surface area contributed by atoms with Gasteiger partial charge in [-0.15, -0.1) is 8.78 Å². The molecule has 3 heterocycles. The van der Waals surface area contributed by atoms with E-state index in [0.717, 1.165) is 11.1 Å². The molecule has 1 amide bonds. The number of allylic oxidation sites excluding steroid dienone is 1. The monoisotopic (exact) mass is 495 g/mol. The van der Waals surface area contributed by atoms with Crippen LogP contribution in [0.25, 0.3) is 5.69 Å². The average Bonchev–Trinajstić information content (AvgIpc) is 3.47. The third-order valence-electron chi connectivity index (χ3n) is 5.81. The molecule has 2 aromatic heterocycles. The van der Waals surface area contributed by atoms with E-state index in [9.17, 15) is 18.7 Å². The standard InChI is InChI=1S/C25H23F2N5O4/c1-15-11-28-23(30-17-7-8-21-22(9-17)36-25(26,27)35-21)10-20(15)32-12-18(29-14-32)24(34)31-19(13-33)16-5-3-2-4-6-16/h2-12,14,19,21-22,33H,13H2,1H3,(H,28,30)(H,31,34). The number of hydrogen-bond acceptors (Lipinski definition) is 7. The maximum absolute atomic E-state index is 13.3. The lowest BCUT2D eigenvalue weighted by Crippen LogP contribution is -2.31. The van der Waals surface area contributed by atoms with Crippen molar-refractivity contribution in [3.8, 4) is 5.69 Å². The number of rotatable bonds is 7. The number of nitrogens with one attached hydrogen (secondary N) is 2. The van der Waals surface area contributed by atoms with Crippen molar-refractivity contribution in [3.05, 3.63) is 95.9 Å². The van der Waals surface area contributed by atoms with Gasteiger partial charge in [0.05, 0.1) is 18.3 Å². The number of aryl methyl sites for hydroxylation is 1. The van der Waals surface area contributed by atoms with Crippen molar-refractivity contribution in [3.63, 3.8) is 0 Å². The molecular formula is C25H23F2N5O4.